The van der Waals surface area contributed by atoms with E-state index in [-0.39, 0.29) is 25.7 Å². The van der Waals surface area contributed by atoms with Crippen molar-refractivity contribution in [2.24, 2.45) is 17.8 Å². The Balaban J connectivity index is 5.24. The van der Waals surface area contributed by atoms with Crippen LogP contribution in [0.15, 0.2) is 0 Å². The van der Waals surface area contributed by atoms with E-state index >= 15 is 0 Å². The second-order valence-corrected chi connectivity index (χ2v) is 33.8. The number of carbonyl (C=O) groups is 4. The third-order valence-corrected chi connectivity index (χ3v) is 21.0. The summed E-state index contributed by atoms with van der Waals surface area (Å²) in [4.78, 5) is 73.1. The SMILES string of the molecule is CCCCCCCCCCCCCCCCCCC(=O)O[C@H](COC(=O)CCCCCCCCCC(C)C)COP(=O)(O)OC[C@H](O)COP(=O)(O)OC[C@@H](COC(=O)CCCCCCCCCCCCCCCCC(C)C)OC(=O)CCCCCCCCCCCCCCCCCC(C)C. The average Bonchev–Trinajstić information content (AvgIpc) is 0.980. The van der Waals surface area contributed by atoms with Crippen LogP contribution in [0, 0.1) is 17.8 Å². The van der Waals surface area contributed by atoms with Gasteiger partial charge in [-0.3, -0.25) is 37.3 Å². The van der Waals surface area contributed by atoms with Crippen molar-refractivity contribution in [3.63, 3.8) is 0 Å². The second-order valence-electron chi connectivity index (χ2n) is 30.9. The number of rotatable bonds is 80. The lowest BCUT2D eigenvalue weighted by atomic mass is 10.0. The standard InChI is InChI=1S/C82H160O17P2/c1-8-9-10-11-12-13-14-15-16-19-26-31-36-43-51-58-66-82(87)99-78(70-93-80(85)64-57-50-45-38-41-48-55-62-75(6)7)72-97-101(90,91)95-68-76(83)67-94-100(88,89)96-71-77(69-92-79(84)63-56-49-42-35-30-25-22-21-24-29-34-40-47-54-61-74(4)5)98-81(86)65-59-52-44-37-32-27-20-17-18-23-28-33-39-46-53-60-73(2)3/h73-78,83H,8-72H2,1-7H3,(H,88,89)(H,90,91)/t76-,77-,78-/m1/s1. The maximum Gasteiger partial charge on any atom is 0.472 e. The van der Waals surface area contributed by atoms with E-state index < -0.39 is 97.5 Å². The molecule has 600 valence electrons. The monoisotopic (exact) mass is 1480 g/mol. The van der Waals surface area contributed by atoms with Gasteiger partial charge in [0.05, 0.1) is 26.4 Å². The van der Waals surface area contributed by atoms with Gasteiger partial charge in [-0.1, -0.05) is 376 Å². The molecule has 0 radical (unpaired) electrons. The Morgan fingerprint density at radius 2 is 0.455 bits per heavy atom. The molecule has 0 amide bonds. The van der Waals surface area contributed by atoms with Gasteiger partial charge in [0.1, 0.15) is 19.3 Å². The van der Waals surface area contributed by atoms with Gasteiger partial charge in [-0.25, -0.2) is 9.13 Å². The molecule has 2 unspecified atom stereocenters. The third-order valence-electron chi connectivity index (χ3n) is 19.1. The van der Waals surface area contributed by atoms with Gasteiger partial charge in [-0.15, -0.1) is 0 Å². The highest BCUT2D eigenvalue weighted by Gasteiger charge is 2.30. The third kappa shape index (κ3) is 76.1. The molecular weight excluding hydrogens is 1320 g/mol. The maximum absolute atomic E-state index is 13.1. The van der Waals surface area contributed by atoms with Crippen molar-refractivity contribution in [2.45, 2.75) is 446 Å². The molecule has 0 aromatic carbocycles. The van der Waals surface area contributed by atoms with Gasteiger partial charge in [0.2, 0.25) is 0 Å². The van der Waals surface area contributed by atoms with Crippen LogP contribution in [-0.2, 0) is 65.4 Å². The van der Waals surface area contributed by atoms with Crippen LogP contribution in [0.3, 0.4) is 0 Å². The van der Waals surface area contributed by atoms with Crippen molar-refractivity contribution < 1.29 is 80.2 Å². The van der Waals surface area contributed by atoms with Crippen LogP contribution in [0.1, 0.15) is 427 Å². The number of aliphatic hydroxyl groups excluding tert-OH is 1. The molecule has 0 saturated heterocycles. The van der Waals surface area contributed by atoms with Crippen molar-refractivity contribution >= 4 is 39.5 Å². The lowest BCUT2D eigenvalue weighted by molar-refractivity contribution is -0.161. The van der Waals surface area contributed by atoms with Gasteiger partial charge >= 0.3 is 39.5 Å². The second kappa shape index (κ2) is 72.3. The zero-order valence-corrected chi connectivity index (χ0v) is 68.2. The number of ether oxygens (including phenoxy) is 4. The maximum atomic E-state index is 13.1. The molecule has 0 spiro atoms. The van der Waals surface area contributed by atoms with E-state index in [0.717, 1.165) is 108 Å². The summed E-state index contributed by atoms with van der Waals surface area (Å²) in [5, 5.41) is 10.6. The molecule has 0 aliphatic carbocycles. The first kappa shape index (κ1) is 99.1. The molecule has 3 N–H and O–H groups in total. The fourth-order valence-corrected chi connectivity index (χ4v) is 14.2. The first-order chi connectivity index (χ1) is 48.7. The van der Waals surface area contributed by atoms with Crippen LogP contribution in [-0.4, -0.2) is 96.7 Å². The van der Waals surface area contributed by atoms with Crippen LogP contribution in [0.25, 0.3) is 0 Å². The Morgan fingerprint density at radius 1 is 0.267 bits per heavy atom. The highest BCUT2D eigenvalue weighted by Crippen LogP contribution is 2.45. The molecule has 17 nitrogen and oxygen atoms in total. The first-order valence-electron chi connectivity index (χ1n) is 42.3. The molecule has 0 rings (SSSR count). The van der Waals surface area contributed by atoms with Crippen LogP contribution < -0.4 is 0 Å². The van der Waals surface area contributed by atoms with Crippen LogP contribution in [0.2, 0.25) is 0 Å². The van der Waals surface area contributed by atoms with Gasteiger partial charge in [0, 0.05) is 25.7 Å². The summed E-state index contributed by atoms with van der Waals surface area (Å²) in [5.74, 6) is 0.198. The van der Waals surface area contributed by atoms with Gasteiger partial charge in [0.25, 0.3) is 0 Å². The van der Waals surface area contributed by atoms with E-state index in [2.05, 4.69) is 48.5 Å². The summed E-state index contributed by atoms with van der Waals surface area (Å²) in [5.41, 5.74) is 0. The minimum atomic E-state index is -4.96. The number of esters is 4. The highest BCUT2D eigenvalue weighted by molar-refractivity contribution is 7.47. The first-order valence-corrected chi connectivity index (χ1v) is 45.3. The summed E-state index contributed by atoms with van der Waals surface area (Å²) < 4.78 is 68.8. The summed E-state index contributed by atoms with van der Waals surface area (Å²) in [7, 11) is -9.92. The van der Waals surface area contributed by atoms with Crippen LogP contribution in [0.4, 0.5) is 0 Å². The molecule has 0 heterocycles. The van der Waals surface area contributed by atoms with Gasteiger partial charge in [-0.2, -0.15) is 0 Å². The summed E-state index contributed by atoms with van der Waals surface area (Å²) in [6.07, 6.45) is 61.1. The highest BCUT2D eigenvalue weighted by atomic mass is 31.2. The van der Waals surface area contributed by atoms with E-state index in [1.807, 2.05) is 0 Å². The predicted molar refractivity (Wildman–Crippen MR) is 414 cm³/mol. The number of phosphoric acid groups is 2. The minimum absolute atomic E-state index is 0.107. The van der Waals surface area contributed by atoms with E-state index in [0.29, 0.717) is 31.6 Å². The lowest BCUT2D eigenvalue weighted by Gasteiger charge is -2.21. The number of phosphoric ester groups is 2. The summed E-state index contributed by atoms with van der Waals surface area (Å²) in [6, 6.07) is 0. The smallest absolute Gasteiger partial charge is 0.462 e. The normalized spacial score (nSPS) is 14.0. The van der Waals surface area contributed by atoms with Crippen LogP contribution >= 0.6 is 15.6 Å². The van der Waals surface area contributed by atoms with E-state index in [4.69, 9.17) is 37.0 Å². The topological polar surface area (TPSA) is 237 Å². The molecular formula is C82H160O17P2. The molecule has 0 aromatic rings. The molecule has 0 saturated carbocycles. The fourth-order valence-electron chi connectivity index (χ4n) is 12.7. The van der Waals surface area contributed by atoms with Gasteiger partial charge in [-0.05, 0) is 43.4 Å². The van der Waals surface area contributed by atoms with Crippen molar-refractivity contribution in [2.75, 3.05) is 39.6 Å². The molecule has 19 heteroatoms. The van der Waals surface area contributed by atoms with Crippen molar-refractivity contribution in [3.8, 4) is 0 Å². The number of hydrogen-bond donors (Lipinski definition) is 3. The molecule has 0 fully saturated rings. The van der Waals surface area contributed by atoms with Gasteiger partial charge < -0.3 is 33.8 Å². The molecule has 0 aromatic heterocycles. The largest absolute Gasteiger partial charge is 0.472 e. The van der Waals surface area contributed by atoms with E-state index in [1.54, 1.807) is 0 Å². The number of unbranched alkanes of at least 4 members (excludes halogenated alkanes) is 48. The van der Waals surface area contributed by atoms with Crippen molar-refractivity contribution in [1.29, 1.82) is 0 Å². The van der Waals surface area contributed by atoms with E-state index in [9.17, 15) is 43.2 Å². The number of aliphatic hydroxyl groups is 1. The molecule has 5 atom stereocenters. The Bertz CT molecular complexity index is 1960. The van der Waals surface area contributed by atoms with Crippen LogP contribution in [0.5, 0.6) is 0 Å². The summed E-state index contributed by atoms with van der Waals surface area (Å²) in [6.45, 7) is 11.9. The van der Waals surface area contributed by atoms with Gasteiger partial charge in [0.15, 0.2) is 12.2 Å². The van der Waals surface area contributed by atoms with Crippen molar-refractivity contribution in [3.05, 3.63) is 0 Å². The Kier molecular flexibility index (Phi) is 70.9. The molecule has 0 aliphatic heterocycles. The quantitative estimate of drug-likeness (QED) is 0.0222. The average molecular weight is 1480 g/mol. The van der Waals surface area contributed by atoms with E-state index in [1.165, 1.54) is 231 Å². The lowest BCUT2D eigenvalue weighted by Crippen LogP contribution is -2.30. The Morgan fingerprint density at radius 3 is 0.673 bits per heavy atom. The van der Waals surface area contributed by atoms with Crippen molar-refractivity contribution in [1.82, 2.24) is 0 Å². The fraction of sp³-hybridized carbons (Fsp3) is 0.951. The molecule has 0 aliphatic rings. The Hall–Kier alpha value is -1.94. The zero-order valence-electron chi connectivity index (χ0n) is 66.4. The molecule has 101 heavy (non-hydrogen) atoms. The zero-order chi connectivity index (χ0) is 74.4. The predicted octanol–water partition coefficient (Wildman–Crippen LogP) is 24.5. The number of hydrogen-bond acceptors (Lipinski definition) is 15. The summed E-state index contributed by atoms with van der Waals surface area (Å²) >= 11 is 0. The Labute approximate surface area is 619 Å². The minimum Gasteiger partial charge on any atom is -0.462 e. The molecule has 0 bridgehead atoms. The number of carbonyl (C=O) groups excluding carboxylic acids is 4.